The average Bonchev–Trinajstić information content (AvgIpc) is 3.50. The minimum atomic E-state index is -1.02. The summed E-state index contributed by atoms with van der Waals surface area (Å²) in [5, 5.41) is 11.9. The maximum Gasteiger partial charge on any atom is 0.338 e. The summed E-state index contributed by atoms with van der Waals surface area (Å²) in [5.41, 5.74) is 1.27. The van der Waals surface area contributed by atoms with Crippen LogP contribution in [-0.2, 0) is 9.53 Å². The predicted molar refractivity (Wildman–Crippen MR) is 148 cm³/mol. The molecule has 9 nitrogen and oxygen atoms in total. The second-order valence-electron chi connectivity index (χ2n) is 9.63. The molecule has 5 rings (SSSR count). The van der Waals surface area contributed by atoms with Crippen LogP contribution in [0.15, 0.2) is 82.7 Å². The Bertz CT molecular complexity index is 1640. The Morgan fingerprint density at radius 2 is 1.90 bits per heavy atom. The van der Waals surface area contributed by atoms with Crippen LogP contribution in [0.4, 0.5) is 5.69 Å². The highest BCUT2D eigenvalue weighted by Gasteiger charge is 2.45. The highest BCUT2D eigenvalue weighted by Crippen LogP contribution is 2.43. The largest absolute Gasteiger partial charge is 0.503 e. The van der Waals surface area contributed by atoms with E-state index in [-0.39, 0.29) is 23.9 Å². The number of benzene rings is 2. The normalized spacial score (nSPS) is 15.3. The van der Waals surface area contributed by atoms with Crippen LogP contribution in [0, 0.1) is 5.92 Å². The van der Waals surface area contributed by atoms with Crippen molar-refractivity contribution in [3.05, 3.63) is 100 Å². The first kappa shape index (κ1) is 27.0. The van der Waals surface area contributed by atoms with Gasteiger partial charge in [-0.2, -0.15) is 0 Å². The number of ether oxygens (including phenoxy) is 2. The number of ketones is 1. The number of halogens is 1. The zero-order valence-electron chi connectivity index (χ0n) is 21.9. The molecule has 0 saturated carbocycles. The lowest BCUT2D eigenvalue weighted by molar-refractivity contribution is -0.117. The molecular weight excluding hydrogens is 536 g/mol. The van der Waals surface area contributed by atoms with Crippen LogP contribution in [0.25, 0.3) is 11.0 Å². The zero-order chi connectivity index (χ0) is 28.6. The Balaban J connectivity index is 1.55. The molecule has 0 bridgehead atoms. The van der Waals surface area contributed by atoms with Gasteiger partial charge in [0.05, 0.1) is 30.9 Å². The van der Waals surface area contributed by atoms with Crippen molar-refractivity contribution in [2.75, 3.05) is 18.6 Å². The van der Waals surface area contributed by atoms with Crippen LogP contribution >= 0.6 is 11.6 Å². The number of aliphatic hydroxyl groups is 1. The highest BCUT2D eigenvalue weighted by molar-refractivity contribution is 6.31. The maximum absolute atomic E-state index is 13.8. The number of hydrogen-bond acceptors (Lipinski definition) is 8. The highest BCUT2D eigenvalue weighted by atomic mass is 35.5. The number of hydrogen-bond donors (Lipinski definition) is 1. The van der Waals surface area contributed by atoms with E-state index in [1.165, 1.54) is 36.4 Å². The Kier molecular flexibility index (Phi) is 7.32. The predicted octanol–water partition coefficient (Wildman–Crippen LogP) is 6.09. The summed E-state index contributed by atoms with van der Waals surface area (Å²) < 4.78 is 16.4. The monoisotopic (exact) mass is 560 g/mol. The van der Waals surface area contributed by atoms with E-state index in [0.717, 1.165) is 0 Å². The van der Waals surface area contributed by atoms with Crippen LogP contribution in [0.1, 0.15) is 46.4 Å². The first-order chi connectivity index (χ1) is 19.2. The van der Waals surface area contributed by atoms with Gasteiger partial charge in [0.15, 0.2) is 22.9 Å². The molecule has 0 spiro atoms. The molecule has 204 valence electrons. The topological polar surface area (TPSA) is 119 Å². The number of fused-ring (bicyclic) bond motifs is 1. The van der Waals surface area contributed by atoms with Gasteiger partial charge in [-0.3, -0.25) is 19.5 Å². The van der Waals surface area contributed by atoms with Crippen molar-refractivity contribution in [3.8, 4) is 5.75 Å². The summed E-state index contributed by atoms with van der Waals surface area (Å²) in [6.07, 6.45) is 3.07. The van der Waals surface area contributed by atoms with Crippen molar-refractivity contribution in [1.82, 2.24) is 4.98 Å². The van der Waals surface area contributed by atoms with Crippen molar-refractivity contribution < 1.29 is 33.4 Å². The fourth-order valence-electron chi connectivity index (χ4n) is 4.52. The molecule has 10 heteroatoms. The molecule has 1 N–H and O–H groups in total. The van der Waals surface area contributed by atoms with Crippen LogP contribution in [0.2, 0.25) is 5.02 Å². The Hall–Kier alpha value is -4.63. The molecule has 1 aliphatic heterocycles. The Morgan fingerprint density at radius 1 is 1.15 bits per heavy atom. The van der Waals surface area contributed by atoms with E-state index in [0.29, 0.717) is 38.6 Å². The smallest absolute Gasteiger partial charge is 0.338 e. The number of carbonyl (C=O) groups is 3. The molecule has 1 aliphatic rings. The number of furan rings is 1. The third-order valence-corrected chi connectivity index (χ3v) is 6.59. The number of carbonyl (C=O) groups excluding carboxylic acids is 3. The second-order valence-corrected chi connectivity index (χ2v) is 10.1. The maximum atomic E-state index is 13.8. The number of esters is 1. The number of nitrogens with zero attached hydrogens (tertiary/aromatic N) is 2. The van der Waals surface area contributed by atoms with Crippen LogP contribution in [-0.4, -0.2) is 41.5 Å². The zero-order valence-corrected chi connectivity index (χ0v) is 22.6. The van der Waals surface area contributed by atoms with Gasteiger partial charge in [-0.15, -0.1) is 0 Å². The van der Waals surface area contributed by atoms with E-state index in [1.54, 1.807) is 42.6 Å². The molecule has 1 atom stereocenters. The molecular formula is C30H25ClN2O7. The molecule has 1 unspecified atom stereocenters. The van der Waals surface area contributed by atoms with E-state index in [2.05, 4.69) is 4.98 Å². The third kappa shape index (κ3) is 4.91. The second kappa shape index (κ2) is 10.9. The van der Waals surface area contributed by atoms with Gasteiger partial charge in [0, 0.05) is 34.6 Å². The van der Waals surface area contributed by atoms with E-state index < -0.39 is 29.5 Å². The minimum absolute atomic E-state index is 0.107. The Morgan fingerprint density at radius 3 is 2.55 bits per heavy atom. The lowest BCUT2D eigenvalue weighted by atomic mass is 9.96. The molecule has 0 radical (unpaired) electrons. The summed E-state index contributed by atoms with van der Waals surface area (Å²) in [5.74, 6) is -2.28. The van der Waals surface area contributed by atoms with Crippen LogP contribution in [0.5, 0.6) is 5.75 Å². The van der Waals surface area contributed by atoms with Gasteiger partial charge in [-0.1, -0.05) is 31.5 Å². The number of amides is 1. The van der Waals surface area contributed by atoms with Crippen molar-refractivity contribution >= 4 is 45.9 Å². The fraction of sp³-hybridized carbons (Fsp3) is 0.200. The van der Waals surface area contributed by atoms with Gasteiger partial charge in [0.2, 0.25) is 5.78 Å². The summed E-state index contributed by atoms with van der Waals surface area (Å²) in [6, 6.07) is 13.2. The number of rotatable bonds is 8. The molecule has 0 saturated heterocycles. The Labute approximate surface area is 234 Å². The summed E-state index contributed by atoms with van der Waals surface area (Å²) >= 11 is 6.17. The number of anilines is 1. The van der Waals surface area contributed by atoms with Crippen molar-refractivity contribution in [1.29, 1.82) is 0 Å². The van der Waals surface area contributed by atoms with Crippen LogP contribution < -0.4 is 9.64 Å². The van der Waals surface area contributed by atoms with Crippen LogP contribution in [0.3, 0.4) is 0 Å². The van der Waals surface area contributed by atoms with E-state index >= 15 is 0 Å². The first-order valence-corrected chi connectivity index (χ1v) is 12.8. The minimum Gasteiger partial charge on any atom is -0.503 e. The number of aliphatic hydroxyl groups excluding tert-OH is 1. The average molecular weight is 561 g/mol. The van der Waals surface area contributed by atoms with Gasteiger partial charge >= 0.3 is 5.97 Å². The van der Waals surface area contributed by atoms with E-state index in [4.69, 9.17) is 25.5 Å². The third-order valence-electron chi connectivity index (χ3n) is 6.37. The summed E-state index contributed by atoms with van der Waals surface area (Å²) in [4.78, 5) is 45.1. The van der Waals surface area contributed by atoms with Crippen molar-refractivity contribution in [2.24, 2.45) is 5.92 Å². The van der Waals surface area contributed by atoms with Gasteiger partial charge in [0.25, 0.3) is 5.91 Å². The standard InChI is InChI=1S/C30H25ClN2O7/c1-16(2)15-39-30(37)17-6-8-21(9-7-17)33-25(18-5-4-10-32-14-18)24(27(35)29(33)36)26(34)22-12-19-11-20(31)13-23(38-3)28(19)40-22/h4-14,16,25,35H,15H2,1-3H3. The van der Waals surface area contributed by atoms with Gasteiger partial charge in [0.1, 0.15) is 0 Å². The van der Waals surface area contributed by atoms with Gasteiger partial charge < -0.3 is 19.0 Å². The molecule has 3 heterocycles. The number of aromatic nitrogens is 1. The summed E-state index contributed by atoms with van der Waals surface area (Å²) in [6.45, 7) is 4.14. The fourth-order valence-corrected chi connectivity index (χ4v) is 4.74. The van der Waals surface area contributed by atoms with Gasteiger partial charge in [-0.05, 0) is 53.9 Å². The number of methoxy groups -OCH3 is 1. The SMILES string of the molecule is COc1cc(Cl)cc2cc(C(=O)C3=C(O)C(=O)N(c4ccc(C(=O)OCC(C)C)cc4)C3c3cccnc3)oc12. The molecule has 40 heavy (non-hydrogen) atoms. The van der Waals surface area contributed by atoms with E-state index in [9.17, 15) is 19.5 Å². The molecule has 4 aromatic rings. The van der Waals surface area contributed by atoms with E-state index in [1.807, 2.05) is 13.8 Å². The quantitative estimate of drug-likeness (QED) is 0.203. The lowest BCUT2D eigenvalue weighted by Gasteiger charge is -2.26. The van der Waals surface area contributed by atoms with Crippen molar-refractivity contribution in [2.45, 2.75) is 19.9 Å². The summed E-state index contributed by atoms with van der Waals surface area (Å²) in [7, 11) is 1.45. The molecule has 0 fully saturated rings. The molecule has 2 aromatic heterocycles. The molecule has 1 amide bonds. The number of Topliss-reactive ketones (excluding diaryl/α,β-unsaturated/α-hetero) is 1. The first-order valence-electron chi connectivity index (χ1n) is 12.4. The lowest BCUT2D eigenvalue weighted by Crippen LogP contribution is -2.31. The molecule has 0 aliphatic carbocycles. The number of pyridine rings is 1. The van der Waals surface area contributed by atoms with Crippen molar-refractivity contribution in [3.63, 3.8) is 0 Å². The molecule has 2 aromatic carbocycles. The van der Waals surface area contributed by atoms with Gasteiger partial charge in [-0.25, -0.2) is 4.79 Å².